The Morgan fingerprint density at radius 1 is 1.26 bits per heavy atom. The van der Waals surface area contributed by atoms with E-state index in [9.17, 15) is 4.79 Å². The van der Waals surface area contributed by atoms with Crippen LogP contribution in [0.25, 0.3) is 0 Å². The predicted octanol–water partition coefficient (Wildman–Crippen LogP) is 1.56. The normalized spacial score (nSPS) is 9.95. The van der Waals surface area contributed by atoms with Crippen molar-refractivity contribution in [3.8, 4) is 17.4 Å². The maximum atomic E-state index is 11.3. The van der Waals surface area contributed by atoms with Gasteiger partial charge in [-0.05, 0) is 18.2 Å². The summed E-state index contributed by atoms with van der Waals surface area (Å²) in [5.74, 6) is 0.386. The molecule has 1 aromatic heterocycles. The molecule has 0 saturated carbocycles. The number of pyridine rings is 1. The summed E-state index contributed by atoms with van der Waals surface area (Å²) in [5, 5.41) is 0. The van der Waals surface area contributed by atoms with Crippen LogP contribution in [0.5, 0.6) is 17.4 Å². The smallest absolute Gasteiger partial charge is 0.254 e. The van der Waals surface area contributed by atoms with Gasteiger partial charge in [0, 0.05) is 0 Å². The molecule has 0 unspecified atom stereocenters. The molecule has 0 spiro atoms. The SMILES string of the molecule is COc1ccccc1Oc1ncc(N)cc1C(N)=O. The van der Waals surface area contributed by atoms with Gasteiger partial charge < -0.3 is 20.9 Å². The van der Waals surface area contributed by atoms with Crippen LogP contribution < -0.4 is 20.9 Å². The van der Waals surface area contributed by atoms with Crippen LogP contribution in [0.3, 0.4) is 0 Å². The molecule has 1 heterocycles. The summed E-state index contributed by atoms with van der Waals surface area (Å²) in [6.45, 7) is 0. The first kappa shape index (κ1) is 12.7. The highest BCUT2D eigenvalue weighted by Crippen LogP contribution is 2.31. The molecule has 4 N–H and O–H groups in total. The number of carbonyl (C=O) groups excluding carboxylic acids is 1. The molecule has 6 heteroatoms. The van der Waals surface area contributed by atoms with Crippen molar-refractivity contribution in [3.05, 3.63) is 42.1 Å². The van der Waals surface area contributed by atoms with E-state index >= 15 is 0 Å². The Hall–Kier alpha value is -2.76. The quantitative estimate of drug-likeness (QED) is 0.867. The number of nitrogen functional groups attached to an aromatic ring is 1. The molecule has 0 fully saturated rings. The predicted molar refractivity (Wildman–Crippen MR) is 70.2 cm³/mol. The molecule has 0 aliphatic heterocycles. The second kappa shape index (κ2) is 5.26. The number of hydrogen-bond acceptors (Lipinski definition) is 5. The van der Waals surface area contributed by atoms with E-state index in [0.29, 0.717) is 17.2 Å². The zero-order valence-corrected chi connectivity index (χ0v) is 10.3. The fourth-order valence-electron chi connectivity index (χ4n) is 1.53. The van der Waals surface area contributed by atoms with E-state index < -0.39 is 5.91 Å². The summed E-state index contributed by atoms with van der Waals surface area (Å²) in [4.78, 5) is 15.3. The molecular weight excluding hydrogens is 246 g/mol. The van der Waals surface area contributed by atoms with Crippen LogP contribution >= 0.6 is 0 Å². The molecule has 0 radical (unpaired) electrons. The number of ether oxygens (including phenoxy) is 2. The maximum Gasteiger partial charge on any atom is 0.254 e. The molecule has 98 valence electrons. The number of carbonyl (C=O) groups is 1. The van der Waals surface area contributed by atoms with Gasteiger partial charge in [0.2, 0.25) is 5.88 Å². The fourth-order valence-corrected chi connectivity index (χ4v) is 1.53. The second-order valence-corrected chi connectivity index (χ2v) is 3.74. The van der Waals surface area contributed by atoms with Gasteiger partial charge in [-0.15, -0.1) is 0 Å². The summed E-state index contributed by atoms with van der Waals surface area (Å²) in [6.07, 6.45) is 1.39. The lowest BCUT2D eigenvalue weighted by molar-refractivity contribution is 0.0997. The Kier molecular flexibility index (Phi) is 3.51. The molecular formula is C13H13N3O3. The van der Waals surface area contributed by atoms with Crippen molar-refractivity contribution in [2.75, 3.05) is 12.8 Å². The first-order chi connectivity index (χ1) is 9.11. The third-order valence-corrected chi connectivity index (χ3v) is 2.41. The van der Waals surface area contributed by atoms with Gasteiger partial charge in [0.15, 0.2) is 11.5 Å². The highest BCUT2D eigenvalue weighted by atomic mass is 16.5. The van der Waals surface area contributed by atoms with Gasteiger partial charge >= 0.3 is 0 Å². The first-order valence-electron chi connectivity index (χ1n) is 5.48. The number of benzene rings is 1. The third-order valence-electron chi connectivity index (χ3n) is 2.41. The lowest BCUT2D eigenvalue weighted by Gasteiger charge is -2.11. The van der Waals surface area contributed by atoms with Gasteiger partial charge in [-0.2, -0.15) is 0 Å². The van der Waals surface area contributed by atoms with Crippen LogP contribution in [0.4, 0.5) is 5.69 Å². The number of hydrogen-bond donors (Lipinski definition) is 2. The van der Waals surface area contributed by atoms with Crippen molar-refractivity contribution in [1.29, 1.82) is 0 Å². The lowest BCUT2D eigenvalue weighted by Crippen LogP contribution is -2.13. The van der Waals surface area contributed by atoms with Crippen LogP contribution in [0.2, 0.25) is 0 Å². The molecule has 0 aliphatic rings. The van der Waals surface area contributed by atoms with Crippen LogP contribution in [-0.2, 0) is 0 Å². The number of amides is 1. The molecule has 0 bridgehead atoms. The number of primary amides is 1. The molecule has 19 heavy (non-hydrogen) atoms. The average Bonchev–Trinajstić information content (AvgIpc) is 2.41. The van der Waals surface area contributed by atoms with Crippen molar-refractivity contribution in [2.24, 2.45) is 5.73 Å². The summed E-state index contributed by atoms with van der Waals surface area (Å²) in [5.41, 5.74) is 11.3. The van der Waals surface area contributed by atoms with E-state index in [1.807, 2.05) is 0 Å². The lowest BCUT2D eigenvalue weighted by atomic mass is 10.2. The van der Waals surface area contributed by atoms with Gasteiger partial charge in [0.25, 0.3) is 5.91 Å². The standard InChI is InChI=1S/C13H13N3O3/c1-18-10-4-2-3-5-11(10)19-13-9(12(15)17)6-8(14)7-16-13/h2-7H,14H2,1H3,(H2,15,17). The minimum atomic E-state index is -0.662. The number of nitrogens with two attached hydrogens (primary N) is 2. The van der Waals surface area contributed by atoms with Crippen LogP contribution in [0, 0.1) is 0 Å². The summed E-state index contributed by atoms with van der Waals surface area (Å²) in [6, 6.07) is 8.43. The molecule has 0 aliphatic carbocycles. The van der Waals surface area contributed by atoms with E-state index in [4.69, 9.17) is 20.9 Å². The van der Waals surface area contributed by atoms with E-state index in [1.54, 1.807) is 24.3 Å². The van der Waals surface area contributed by atoms with Crippen LogP contribution in [0.15, 0.2) is 36.5 Å². The second-order valence-electron chi connectivity index (χ2n) is 3.74. The van der Waals surface area contributed by atoms with Crippen molar-refractivity contribution in [3.63, 3.8) is 0 Å². The fraction of sp³-hybridized carbons (Fsp3) is 0.0769. The largest absolute Gasteiger partial charge is 0.493 e. The number of para-hydroxylation sites is 2. The number of aromatic nitrogens is 1. The van der Waals surface area contributed by atoms with Gasteiger partial charge in [0.1, 0.15) is 5.56 Å². The Morgan fingerprint density at radius 2 is 1.95 bits per heavy atom. The molecule has 1 aromatic carbocycles. The number of methoxy groups -OCH3 is 1. The zero-order valence-electron chi connectivity index (χ0n) is 10.3. The van der Waals surface area contributed by atoms with Gasteiger partial charge in [-0.3, -0.25) is 4.79 Å². The summed E-state index contributed by atoms with van der Waals surface area (Å²) >= 11 is 0. The first-order valence-corrected chi connectivity index (χ1v) is 5.48. The minimum Gasteiger partial charge on any atom is -0.493 e. The molecule has 6 nitrogen and oxygen atoms in total. The van der Waals surface area contributed by atoms with Crippen molar-refractivity contribution in [1.82, 2.24) is 4.98 Å². The molecule has 1 amide bonds. The average molecular weight is 259 g/mol. The molecule has 0 saturated heterocycles. The third kappa shape index (κ3) is 2.74. The maximum absolute atomic E-state index is 11.3. The summed E-state index contributed by atoms with van der Waals surface area (Å²) < 4.78 is 10.7. The van der Waals surface area contributed by atoms with Gasteiger partial charge in [0.05, 0.1) is 19.0 Å². The van der Waals surface area contributed by atoms with Crippen LogP contribution in [-0.4, -0.2) is 18.0 Å². The zero-order chi connectivity index (χ0) is 13.8. The molecule has 2 aromatic rings. The Bertz CT molecular complexity index is 614. The molecule has 0 atom stereocenters. The number of nitrogens with zero attached hydrogens (tertiary/aromatic N) is 1. The Morgan fingerprint density at radius 3 is 2.58 bits per heavy atom. The van der Waals surface area contributed by atoms with E-state index in [0.717, 1.165) is 0 Å². The highest BCUT2D eigenvalue weighted by Gasteiger charge is 2.14. The van der Waals surface area contributed by atoms with Crippen molar-refractivity contribution >= 4 is 11.6 Å². The topological polar surface area (TPSA) is 100 Å². The van der Waals surface area contributed by atoms with Gasteiger partial charge in [-0.25, -0.2) is 4.98 Å². The Balaban J connectivity index is 2.41. The monoisotopic (exact) mass is 259 g/mol. The van der Waals surface area contributed by atoms with E-state index in [2.05, 4.69) is 4.98 Å². The van der Waals surface area contributed by atoms with E-state index in [-0.39, 0.29) is 11.4 Å². The summed E-state index contributed by atoms with van der Waals surface area (Å²) in [7, 11) is 1.52. The highest BCUT2D eigenvalue weighted by molar-refractivity contribution is 5.95. The van der Waals surface area contributed by atoms with E-state index in [1.165, 1.54) is 19.4 Å². The Labute approximate surface area is 110 Å². The number of rotatable bonds is 4. The van der Waals surface area contributed by atoms with Crippen LogP contribution in [0.1, 0.15) is 10.4 Å². The van der Waals surface area contributed by atoms with Crippen molar-refractivity contribution < 1.29 is 14.3 Å². The minimum absolute atomic E-state index is 0.0891. The number of anilines is 1. The molecule has 2 rings (SSSR count). The van der Waals surface area contributed by atoms with Crippen molar-refractivity contribution in [2.45, 2.75) is 0 Å². The van der Waals surface area contributed by atoms with Gasteiger partial charge in [-0.1, -0.05) is 12.1 Å².